The molecule has 1 atom stereocenters. The Hall–Kier alpha value is -3.16. The maximum absolute atomic E-state index is 14.4. The van der Waals surface area contributed by atoms with Crippen LogP contribution < -0.4 is 5.32 Å². The quantitative estimate of drug-likeness (QED) is 0.298. The van der Waals surface area contributed by atoms with E-state index >= 15 is 0 Å². The van der Waals surface area contributed by atoms with Crippen molar-refractivity contribution >= 4 is 34.7 Å². The van der Waals surface area contributed by atoms with Crippen molar-refractivity contribution in [3.05, 3.63) is 105 Å². The fourth-order valence-electron chi connectivity index (χ4n) is 5.16. The van der Waals surface area contributed by atoms with Crippen LogP contribution >= 0.6 is 22.9 Å². The first-order chi connectivity index (χ1) is 17.0. The molecule has 1 N–H and O–H groups in total. The van der Waals surface area contributed by atoms with Gasteiger partial charge in [0.1, 0.15) is 16.6 Å². The molecule has 4 nitrogen and oxygen atoms in total. The summed E-state index contributed by atoms with van der Waals surface area (Å²) in [5.41, 5.74) is 4.08. The Labute approximate surface area is 210 Å². The van der Waals surface area contributed by atoms with E-state index in [4.69, 9.17) is 11.6 Å². The summed E-state index contributed by atoms with van der Waals surface area (Å²) in [5.74, 6) is -1.30. The molecule has 2 aromatic heterocycles. The highest BCUT2D eigenvalue weighted by Gasteiger charge is 2.36. The molecule has 0 radical (unpaired) electrons. The van der Waals surface area contributed by atoms with E-state index in [-0.39, 0.29) is 5.69 Å². The predicted octanol–water partition coefficient (Wildman–Crippen LogP) is 7.49. The number of hydrogen-bond donors (Lipinski definition) is 1. The van der Waals surface area contributed by atoms with Crippen molar-refractivity contribution in [2.24, 2.45) is 0 Å². The molecule has 0 saturated carbocycles. The van der Waals surface area contributed by atoms with E-state index in [0.717, 1.165) is 59.3 Å². The molecule has 1 aliphatic heterocycles. The third-order valence-corrected chi connectivity index (χ3v) is 8.38. The highest BCUT2D eigenvalue weighted by Crippen LogP contribution is 2.44. The Kier molecular flexibility index (Phi) is 5.61. The third kappa shape index (κ3) is 3.93. The lowest BCUT2D eigenvalue weighted by Gasteiger charge is -2.31. The Morgan fingerprint density at radius 2 is 1.83 bits per heavy atom. The first kappa shape index (κ1) is 22.3. The van der Waals surface area contributed by atoms with Gasteiger partial charge in [-0.1, -0.05) is 23.7 Å². The molecule has 8 heteroatoms. The summed E-state index contributed by atoms with van der Waals surface area (Å²) in [5, 5.41) is 4.35. The van der Waals surface area contributed by atoms with Crippen LogP contribution in [0.2, 0.25) is 5.02 Å². The van der Waals surface area contributed by atoms with E-state index in [1.807, 2.05) is 30.5 Å². The van der Waals surface area contributed by atoms with Gasteiger partial charge >= 0.3 is 6.03 Å². The number of nitrogens with one attached hydrogen (secondary N) is 1. The summed E-state index contributed by atoms with van der Waals surface area (Å²) < 4.78 is 30.4. The van der Waals surface area contributed by atoms with Crippen LogP contribution in [0.1, 0.15) is 46.1 Å². The van der Waals surface area contributed by atoms with Gasteiger partial charge in [-0.25, -0.2) is 13.6 Å². The summed E-state index contributed by atoms with van der Waals surface area (Å²) in [4.78, 5) is 16.9. The monoisotopic (exact) mass is 509 g/mol. The summed E-state index contributed by atoms with van der Waals surface area (Å²) in [6.45, 7) is 0.360. The number of hydrogen-bond acceptors (Lipinski definition) is 2. The van der Waals surface area contributed by atoms with Gasteiger partial charge in [-0.3, -0.25) is 0 Å². The molecule has 3 heterocycles. The maximum Gasteiger partial charge on any atom is 0.323 e. The molecular weight excluding hydrogens is 488 g/mol. The van der Waals surface area contributed by atoms with Gasteiger partial charge in [0, 0.05) is 27.7 Å². The van der Waals surface area contributed by atoms with Crippen LogP contribution in [-0.2, 0) is 19.4 Å². The number of benzene rings is 2. The molecule has 0 saturated heterocycles. The van der Waals surface area contributed by atoms with Gasteiger partial charge in [0.15, 0.2) is 0 Å². The Morgan fingerprint density at radius 3 is 2.66 bits per heavy atom. The van der Waals surface area contributed by atoms with E-state index < -0.39 is 23.7 Å². The minimum atomic E-state index is -0.686. The van der Waals surface area contributed by atoms with Crippen LogP contribution in [-0.4, -0.2) is 15.5 Å². The van der Waals surface area contributed by atoms with Crippen LogP contribution in [0.3, 0.4) is 0 Å². The summed E-state index contributed by atoms with van der Waals surface area (Å²) >= 11 is 7.96. The second kappa shape index (κ2) is 8.81. The fourth-order valence-corrected chi connectivity index (χ4v) is 6.69. The minimum Gasteiger partial charge on any atom is -0.310 e. The zero-order valence-corrected chi connectivity index (χ0v) is 20.3. The number of nitrogens with zero attached hydrogens (tertiary/aromatic N) is 2. The van der Waals surface area contributed by atoms with E-state index in [2.05, 4.69) is 9.88 Å². The van der Waals surface area contributed by atoms with Crippen LogP contribution in [0, 0.1) is 11.6 Å². The molecule has 4 aromatic rings. The van der Waals surface area contributed by atoms with Gasteiger partial charge in [0.25, 0.3) is 0 Å². The maximum atomic E-state index is 14.4. The van der Waals surface area contributed by atoms with Crippen LogP contribution in [0.5, 0.6) is 0 Å². The zero-order valence-electron chi connectivity index (χ0n) is 18.7. The molecular formula is C27H22ClF2N3OS. The molecule has 1 aliphatic carbocycles. The number of halogens is 3. The van der Waals surface area contributed by atoms with E-state index in [9.17, 15) is 13.6 Å². The molecule has 0 bridgehead atoms. The SMILES string of the molecule is O=C(Nc1cc(F)ccc1F)N1Cc2c(sc3c2CCCC3)-n2cccc2[C@@H]1c1ccc(Cl)cc1. The van der Waals surface area contributed by atoms with Gasteiger partial charge in [-0.2, -0.15) is 0 Å². The highest BCUT2D eigenvalue weighted by atomic mass is 35.5. The largest absolute Gasteiger partial charge is 0.323 e. The molecule has 2 aliphatic rings. The lowest BCUT2D eigenvalue weighted by atomic mass is 9.95. The number of amides is 2. The van der Waals surface area contributed by atoms with Gasteiger partial charge in [0.05, 0.1) is 24.0 Å². The lowest BCUT2D eigenvalue weighted by Crippen LogP contribution is -2.38. The van der Waals surface area contributed by atoms with E-state index in [1.165, 1.54) is 16.9 Å². The zero-order chi connectivity index (χ0) is 24.1. The van der Waals surface area contributed by atoms with Gasteiger partial charge < -0.3 is 14.8 Å². The standard InChI is InChI=1S/C27H22ClF2N3OS/c28-17-9-7-16(8-10-17)25-23-5-3-13-32(23)26-20(19-4-1-2-6-24(19)35-26)15-33(25)27(34)31-22-14-18(29)11-12-21(22)30/h3,5,7-14,25H,1-2,4,6,15H2,(H,31,34)/t25-/m0/s1. The molecule has 0 unspecified atom stereocenters. The molecule has 178 valence electrons. The van der Waals surface area contributed by atoms with Crippen molar-refractivity contribution < 1.29 is 13.6 Å². The molecule has 0 spiro atoms. The van der Waals surface area contributed by atoms with E-state index in [0.29, 0.717) is 11.6 Å². The van der Waals surface area contributed by atoms with Crippen molar-refractivity contribution in [3.63, 3.8) is 0 Å². The molecule has 6 rings (SSSR count). The Bertz CT molecular complexity index is 1430. The fraction of sp³-hybridized carbons (Fsp3) is 0.222. The molecule has 2 aromatic carbocycles. The third-order valence-electron chi connectivity index (χ3n) is 6.80. The minimum absolute atomic E-state index is 0.183. The number of anilines is 1. The van der Waals surface area contributed by atoms with Crippen molar-refractivity contribution in [2.75, 3.05) is 5.32 Å². The van der Waals surface area contributed by atoms with Gasteiger partial charge in [-0.05, 0) is 73.2 Å². The molecule has 2 amide bonds. The number of thiophene rings is 1. The Morgan fingerprint density at radius 1 is 1.03 bits per heavy atom. The first-order valence-corrected chi connectivity index (χ1v) is 12.8. The van der Waals surface area contributed by atoms with Crippen molar-refractivity contribution in [1.29, 1.82) is 0 Å². The average molecular weight is 510 g/mol. The lowest BCUT2D eigenvalue weighted by molar-refractivity contribution is 0.194. The summed E-state index contributed by atoms with van der Waals surface area (Å²) in [6, 6.07) is 13.5. The number of aryl methyl sites for hydroxylation is 1. The van der Waals surface area contributed by atoms with Crippen molar-refractivity contribution in [1.82, 2.24) is 9.47 Å². The van der Waals surface area contributed by atoms with E-state index in [1.54, 1.807) is 28.4 Å². The summed E-state index contributed by atoms with van der Waals surface area (Å²) in [6.07, 6.45) is 6.35. The predicted molar refractivity (Wildman–Crippen MR) is 135 cm³/mol. The number of aromatic nitrogens is 1. The first-order valence-electron chi connectivity index (χ1n) is 11.6. The Balaban J connectivity index is 1.50. The second-order valence-corrected chi connectivity index (χ2v) is 10.5. The van der Waals surface area contributed by atoms with Gasteiger partial charge in [-0.15, -0.1) is 11.3 Å². The average Bonchev–Trinajstić information content (AvgIpc) is 3.44. The highest BCUT2D eigenvalue weighted by molar-refractivity contribution is 7.15. The van der Waals surface area contributed by atoms with Crippen LogP contribution in [0.4, 0.5) is 19.3 Å². The normalized spacial score (nSPS) is 16.8. The molecule has 0 fully saturated rings. The number of carbonyl (C=O) groups is 1. The van der Waals surface area contributed by atoms with Crippen LogP contribution in [0.15, 0.2) is 60.8 Å². The second-order valence-electron chi connectivity index (χ2n) is 8.93. The number of fused-ring (bicyclic) bond motifs is 5. The number of carbonyl (C=O) groups excluding carboxylic acids is 1. The number of rotatable bonds is 2. The topological polar surface area (TPSA) is 37.3 Å². The summed E-state index contributed by atoms with van der Waals surface area (Å²) in [7, 11) is 0. The smallest absolute Gasteiger partial charge is 0.310 e. The molecule has 35 heavy (non-hydrogen) atoms. The number of urea groups is 1. The van der Waals surface area contributed by atoms with Crippen molar-refractivity contribution in [2.45, 2.75) is 38.3 Å². The van der Waals surface area contributed by atoms with Gasteiger partial charge in [0.2, 0.25) is 0 Å². The van der Waals surface area contributed by atoms with Crippen molar-refractivity contribution in [3.8, 4) is 5.00 Å². The van der Waals surface area contributed by atoms with Crippen LogP contribution in [0.25, 0.3) is 5.00 Å².